The van der Waals surface area contributed by atoms with Gasteiger partial charge in [0.1, 0.15) is 5.75 Å². The van der Waals surface area contributed by atoms with Crippen molar-refractivity contribution in [2.24, 2.45) is 5.92 Å². The topological polar surface area (TPSA) is 137 Å². The number of ether oxygens (including phenoxy) is 1. The number of fused-ring (bicyclic) bond motifs is 1. The molecule has 37 heavy (non-hydrogen) atoms. The lowest BCUT2D eigenvalue weighted by atomic mass is 9.85. The highest BCUT2D eigenvalue weighted by atomic mass is 16.5. The van der Waals surface area contributed by atoms with Crippen molar-refractivity contribution in [2.45, 2.75) is 57.2 Å². The first-order chi connectivity index (χ1) is 17.8. The van der Waals surface area contributed by atoms with E-state index in [4.69, 9.17) is 4.74 Å². The van der Waals surface area contributed by atoms with Gasteiger partial charge in [0.2, 0.25) is 11.8 Å². The molecule has 5 N–H and O–H groups in total. The maximum atomic E-state index is 13.0. The van der Waals surface area contributed by atoms with Crippen LogP contribution >= 0.6 is 0 Å². The van der Waals surface area contributed by atoms with Gasteiger partial charge in [0.15, 0.2) is 0 Å². The number of methoxy groups -OCH3 is 1. The number of hydrogen-bond acceptors (Lipinski definition) is 6. The van der Waals surface area contributed by atoms with Gasteiger partial charge in [-0.05, 0) is 62.8 Å². The molecular weight excluding hydrogens is 474 g/mol. The van der Waals surface area contributed by atoms with Crippen LogP contribution in [0.5, 0.6) is 5.75 Å². The molecule has 2 atom stereocenters. The van der Waals surface area contributed by atoms with Crippen LogP contribution in [0.2, 0.25) is 0 Å². The number of rotatable bonds is 6. The minimum absolute atomic E-state index is 0.0220. The van der Waals surface area contributed by atoms with Gasteiger partial charge in [-0.25, -0.2) is 4.79 Å². The fourth-order valence-electron chi connectivity index (χ4n) is 5.49. The van der Waals surface area contributed by atoms with E-state index in [2.05, 4.69) is 20.9 Å². The smallest absolute Gasteiger partial charge is 0.326 e. The standard InChI is InChI=1S/C27H33N5O5/c1-15-6-9-17(12-23(15)37-2)29-25(34)16-7-10-18(11-8-16)32-22-5-3-4-20(24(22)31-27(32)36)30-26(35)21-13-19(33)14-28-21/h3-6,9,12,16,18-19,21,28,33H,7-8,10-11,13-14H2,1-2H3,(H,29,34)(H,30,35)(H,31,36)/t16-,18+,19-,21-/m1/s1. The Morgan fingerprint density at radius 3 is 2.57 bits per heavy atom. The number of aryl methyl sites for hydroxylation is 1. The summed E-state index contributed by atoms with van der Waals surface area (Å²) in [4.78, 5) is 41.5. The molecule has 0 unspecified atom stereocenters. The zero-order chi connectivity index (χ0) is 26.1. The van der Waals surface area contributed by atoms with E-state index in [1.54, 1.807) is 17.7 Å². The Bertz CT molecular complexity index is 1370. The van der Waals surface area contributed by atoms with Gasteiger partial charge < -0.3 is 30.8 Å². The van der Waals surface area contributed by atoms with E-state index < -0.39 is 12.1 Å². The molecule has 1 saturated heterocycles. The van der Waals surface area contributed by atoms with Crippen LogP contribution < -0.4 is 26.4 Å². The van der Waals surface area contributed by atoms with Crippen LogP contribution in [0.3, 0.4) is 0 Å². The predicted molar refractivity (Wildman–Crippen MR) is 141 cm³/mol. The SMILES string of the molecule is COc1cc(NC(=O)[C@H]2CC[C@@H](n3c(=O)[nH]c4c(NC(=O)[C@H]5C[C@@H](O)CN5)cccc43)CC2)ccc1C. The molecule has 2 heterocycles. The summed E-state index contributed by atoms with van der Waals surface area (Å²) in [6, 6.07) is 10.5. The van der Waals surface area contributed by atoms with Gasteiger partial charge in [0.05, 0.1) is 36.0 Å². The van der Waals surface area contributed by atoms with Crippen LogP contribution in [0.1, 0.15) is 43.7 Å². The number of β-amino-alcohol motifs (C(OH)–C–C–N with tert-alkyl or cyclic N) is 1. The lowest BCUT2D eigenvalue weighted by molar-refractivity contribution is -0.121. The first kappa shape index (κ1) is 25.0. The quantitative estimate of drug-likeness (QED) is 0.348. The Labute approximate surface area is 214 Å². The summed E-state index contributed by atoms with van der Waals surface area (Å²) < 4.78 is 7.10. The number of carbonyl (C=O) groups excluding carboxylic acids is 2. The van der Waals surface area contributed by atoms with E-state index in [0.29, 0.717) is 55.5 Å². The molecule has 0 spiro atoms. The number of benzene rings is 2. The first-order valence-corrected chi connectivity index (χ1v) is 12.7. The molecule has 3 aromatic rings. The third-order valence-electron chi connectivity index (χ3n) is 7.54. The summed E-state index contributed by atoms with van der Waals surface area (Å²) in [5.41, 5.74) is 3.31. The summed E-state index contributed by atoms with van der Waals surface area (Å²) in [5.74, 6) is 0.336. The Balaban J connectivity index is 1.26. The summed E-state index contributed by atoms with van der Waals surface area (Å²) in [6.45, 7) is 2.34. The molecule has 0 radical (unpaired) electrons. The van der Waals surface area contributed by atoms with Crippen molar-refractivity contribution in [3.8, 4) is 5.75 Å². The molecule has 2 fully saturated rings. The molecule has 1 aliphatic heterocycles. The number of H-pyrrole nitrogens is 1. The van der Waals surface area contributed by atoms with Crippen molar-refractivity contribution in [2.75, 3.05) is 24.3 Å². The van der Waals surface area contributed by atoms with Crippen LogP contribution in [0.4, 0.5) is 11.4 Å². The molecule has 2 amide bonds. The highest BCUT2D eigenvalue weighted by molar-refractivity contribution is 6.02. The third kappa shape index (κ3) is 5.12. The highest BCUT2D eigenvalue weighted by Crippen LogP contribution is 2.35. The van der Waals surface area contributed by atoms with Crippen LogP contribution in [0, 0.1) is 12.8 Å². The second kappa shape index (κ2) is 10.4. The van der Waals surface area contributed by atoms with Crippen molar-refractivity contribution >= 4 is 34.2 Å². The Morgan fingerprint density at radius 1 is 1.08 bits per heavy atom. The number of carbonyl (C=O) groups is 2. The number of aliphatic hydroxyl groups is 1. The van der Waals surface area contributed by atoms with Gasteiger partial charge >= 0.3 is 5.69 Å². The van der Waals surface area contributed by atoms with Crippen LogP contribution in [0.25, 0.3) is 11.0 Å². The summed E-state index contributed by atoms with van der Waals surface area (Å²) in [5, 5.41) is 18.6. The molecule has 196 valence electrons. The minimum Gasteiger partial charge on any atom is -0.496 e. The Kier molecular flexibility index (Phi) is 7.03. The number of anilines is 2. The number of aromatic amines is 1. The van der Waals surface area contributed by atoms with Crippen LogP contribution in [0.15, 0.2) is 41.2 Å². The van der Waals surface area contributed by atoms with Crippen molar-refractivity contribution in [1.82, 2.24) is 14.9 Å². The normalized spacial score (nSPS) is 23.6. The number of nitrogens with one attached hydrogen (secondary N) is 4. The van der Waals surface area contributed by atoms with Crippen molar-refractivity contribution in [1.29, 1.82) is 0 Å². The molecule has 10 heteroatoms. The second-order valence-electron chi connectivity index (χ2n) is 10.0. The largest absolute Gasteiger partial charge is 0.496 e. The summed E-state index contributed by atoms with van der Waals surface area (Å²) >= 11 is 0. The number of imidazole rings is 1. The molecular formula is C27H33N5O5. The maximum absolute atomic E-state index is 13.0. The van der Waals surface area contributed by atoms with Crippen LogP contribution in [-0.2, 0) is 9.59 Å². The first-order valence-electron chi connectivity index (χ1n) is 12.7. The number of para-hydroxylation sites is 1. The molecule has 2 aromatic carbocycles. The van der Waals surface area contributed by atoms with E-state index in [1.807, 2.05) is 37.3 Å². The van der Waals surface area contributed by atoms with Gasteiger partial charge in [0.25, 0.3) is 0 Å². The van der Waals surface area contributed by atoms with Gasteiger partial charge in [-0.15, -0.1) is 0 Å². The number of aromatic nitrogens is 2. The third-order valence-corrected chi connectivity index (χ3v) is 7.54. The Hall–Kier alpha value is -3.63. The van der Waals surface area contributed by atoms with E-state index in [0.717, 1.165) is 16.8 Å². The van der Waals surface area contributed by atoms with Crippen molar-refractivity contribution in [3.63, 3.8) is 0 Å². The number of nitrogens with zero attached hydrogens (tertiary/aromatic N) is 1. The average Bonchev–Trinajstić information content (AvgIpc) is 3.48. The van der Waals surface area contributed by atoms with Gasteiger partial charge in [0, 0.05) is 30.3 Å². The lowest BCUT2D eigenvalue weighted by Gasteiger charge is -2.28. The molecule has 1 aliphatic carbocycles. The van der Waals surface area contributed by atoms with Gasteiger partial charge in [-0.3, -0.25) is 14.2 Å². The molecule has 1 aromatic heterocycles. The lowest BCUT2D eigenvalue weighted by Crippen LogP contribution is -2.35. The molecule has 5 rings (SSSR count). The number of amides is 2. The van der Waals surface area contributed by atoms with Crippen molar-refractivity contribution < 1.29 is 19.4 Å². The van der Waals surface area contributed by atoms with Gasteiger partial charge in [-0.2, -0.15) is 0 Å². The molecule has 0 bridgehead atoms. The number of aliphatic hydroxyl groups excluding tert-OH is 1. The average molecular weight is 508 g/mol. The van der Waals surface area contributed by atoms with E-state index in [1.165, 1.54) is 0 Å². The van der Waals surface area contributed by atoms with E-state index >= 15 is 0 Å². The zero-order valence-corrected chi connectivity index (χ0v) is 21.0. The fraction of sp³-hybridized carbons (Fsp3) is 0.444. The maximum Gasteiger partial charge on any atom is 0.326 e. The van der Waals surface area contributed by atoms with Crippen molar-refractivity contribution in [3.05, 3.63) is 52.4 Å². The fourth-order valence-corrected chi connectivity index (χ4v) is 5.49. The molecule has 2 aliphatic rings. The monoisotopic (exact) mass is 507 g/mol. The summed E-state index contributed by atoms with van der Waals surface area (Å²) in [6.07, 6.45) is 2.55. The van der Waals surface area contributed by atoms with Gasteiger partial charge in [-0.1, -0.05) is 12.1 Å². The zero-order valence-electron chi connectivity index (χ0n) is 21.0. The Morgan fingerprint density at radius 2 is 1.86 bits per heavy atom. The minimum atomic E-state index is -0.538. The van der Waals surface area contributed by atoms with E-state index in [-0.39, 0.29) is 29.5 Å². The summed E-state index contributed by atoms with van der Waals surface area (Å²) in [7, 11) is 1.61. The highest BCUT2D eigenvalue weighted by Gasteiger charge is 2.31. The second-order valence-corrected chi connectivity index (χ2v) is 10.0. The van der Waals surface area contributed by atoms with E-state index in [9.17, 15) is 19.5 Å². The number of hydrogen-bond donors (Lipinski definition) is 5. The molecule has 10 nitrogen and oxygen atoms in total. The predicted octanol–water partition coefficient (Wildman–Crippen LogP) is 2.68. The molecule has 1 saturated carbocycles. The van der Waals surface area contributed by atoms with Crippen LogP contribution in [-0.4, -0.2) is 52.3 Å².